The average molecular weight is 353 g/mol. The summed E-state index contributed by atoms with van der Waals surface area (Å²) in [5.74, 6) is 1.28. The Morgan fingerprint density at radius 2 is 1.89 bits per heavy atom. The van der Waals surface area contributed by atoms with Crippen molar-refractivity contribution in [3.63, 3.8) is 0 Å². The van der Waals surface area contributed by atoms with E-state index in [1.165, 1.54) is 6.92 Å². The van der Waals surface area contributed by atoms with Crippen molar-refractivity contribution < 1.29 is 9.53 Å². The van der Waals surface area contributed by atoms with Crippen LogP contribution >= 0.6 is 22.6 Å². The number of carbonyl (C=O) groups excluding carboxylic acids is 1. The van der Waals surface area contributed by atoms with Crippen molar-refractivity contribution in [3.05, 3.63) is 51.6 Å². The van der Waals surface area contributed by atoms with Crippen molar-refractivity contribution in [2.24, 2.45) is 0 Å². The second kappa shape index (κ2) is 5.39. The quantitative estimate of drug-likeness (QED) is 0.518. The Balaban J connectivity index is 2.30. The summed E-state index contributed by atoms with van der Waals surface area (Å²) in [5.41, 5.74) is 6.68. The lowest BCUT2D eigenvalue weighted by Crippen LogP contribution is -1.99. The SMILES string of the molecule is CC(=O)c1cc(Oc2cccc(I)c2)ccc1N. The summed E-state index contributed by atoms with van der Waals surface area (Å²) in [6.45, 7) is 1.49. The van der Waals surface area contributed by atoms with Gasteiger partial charge >= 0.3 is 0 Å². The van der Waals surface area contributed by atoms with Crippen LogP contribution in [-0.2, 0) is 0 Å². The summed E-state index contributed by atoms with van der Waals surface area (Å²) >= 11 is 2.22. The first-order valence-corrected chi connectivity index (χ1v) is 6.48. The normalized spacial score (nSPS) is 10.1. The van der Waals surface area contributed by atoms with Gasteiger partial charge in [-0.15, -0.1) is 0 Å². The Hall–Kier alpha value is -1.56. The summed E-state index contributed by atoms with van der Waals surface area (Å²) < 4.78 is 6.78. The second-order valence-electron chi connectivity index (χ2n) is 3.86. The maximum absolute atomic E-state index is 11.4. The molecule has 92 valence electrons. The monoisotopic (exact) mass is 353 g/mol. The van der Waals surface area contributed by atoms with E-state index in [1.54, 1.807) is 18.2 Å². The molecule has 4 heteroatoms. The highest BCUT2D eigenvalue weighted by atomic mass is 127. The molecular formula is C14H12INO2. The van der Waals surface area contributed by atoms with Gasteiger partial charge in [-0.1, -0.05) is 6.07 Å². The number of halogens is 1. The standard InChI is InChI=1S/C14H12INO2/c1-9(17)13-8-12(5-6-14(13)16)18-11-4-2-3-10(15)7-11/h2-8H,16H2,1H3. The van der Waals surface area contributed by atoms with E-state index in [9.17, 15) is 4.79 Å². The number of nitrogens with two attached hydrogens (primary N) is 1. The molecule has 0 saturated heterocycles. The van der Waals surface area contributed by atoms with Gasteiger partial charge in [0.2, 0.25) is 0 Å². The zero-order valence-corrected chi connectivity index (χ0v) is 12.0. The van der Waals surface area contributed by atoms with Crippen LogP contribution in [0.25, 0.3) is 0 Å². The topological polar surface area (TPSA) is 52.3 Å². The molecule has 0 atom stereocenters. The van der Waals surface area contributed by atoms with Gasteiger partial charge in [-0.05, 0) is 65.9 Å². The third-order valence-corrected chi connectivity index (χ3v) is 3.11. The number of hydrogen-bond acceptors (Lipinski definition) is 3. The fourth-order valence-electron chi connectivity index (χ4n) is 1.57. The predicted octanol–water partition coefficient (Wildman–Crippen LogP) is 3.87. The second-order valence-corrected chi connectivity index (χ2v) is 5.11. The highest BCUT2D eigenvalue weighted by Crippen LogP contribution is 2.26. The molecule has 0 radical (unpaired) electrons. The van der Waals surface area contributed by atoms with E-state index in [-0.39, 0.29) is 5.78 Å². The van der Waals surface area contributed by atoms with Crippen molar-refractivity contribution in [3.8, 4) is 11.5 Å². The average Bonchev–Trinajstić information content (AvgIpc) is 2.31. The van der Waals surface area contributed by atoms with Gasteiger partial charge in [-0.2, -0.15) is 0 Å². The lowest BCUT2D eigenvalue weighted by molar-refractivity contribution is 0.101. The van der Waals surface area contributed by atoms with Gasteiger partial charge in [-0.25, -0.2) is 0 Å². The van der Waals surface area contributed by atoms with E-state index in [0.717, 1.165) is 9.32 Å². The molecule has 3 nitrogen and oxygen atoms in total. The van der Waals surface area contributed by atoms with Gasteiger partial charge in [0.15, 0.2) is 5.78 Å². The van der Waals surface area contributed by atoms with E-state index in [1.807, 2.05) is 24.3 Å². The third-order valence-electron chi connectivity index (χ3n) is 2.44. The number of ether oxygens (including phenoxy) is 1. The van der Waals surface area contributed by atoms with Crippen LogP contribution in [0.1, 0.15) is 17.3 Å². The molecule has 0 aliphatic heterocycles. The van der Waals surface area contributed by atoms with E-state index >= 15 is 0 Å². The van der Waals surface area contributed by atoms with Crippen molar-refractivity contribution in [2.75, 3.05) is 5.73 Å². The first-order chi connectivity index (χ1) is 8.56. The Labute approximate surface area is 119 Å². The molecule has 0 bridgehead atoms. The molecule has 0 aliphatic rings. The van der Waals surface area contributed by atoms with Gasteiger partial charge < -0.3 is 10.5 Å². The number of nitrogen functional groups attached to an aromatic ring is 1. The van der Waals surface area contributed by atoms with Crippen molar-refractivity contribution >= 4 is 34.1 Å². The number of anilines is 1. The summed E-state index contributed by atoms with van der Waals surface area (Å²) in [6.07, 6.45) is 0. The number of Topliss-reactive ketones (excluding diaryl/α,β-unsaturated/α-hetero) is 1. The number of ketones is 1. The van der Waals surface area contributed by atoms with Gasteiger partial charge in [0.1, 0.15) is 11.5 Å². The van der Waals surface area contributed by atoms with Crippen LogP contribution in [0, 0.1) is 3.57 Å². The Kier molecular flexibility index (Phi) is 3.86. The molecule has 0 heterocycles. The van der Waals surface area contributed by atoms with Crippen molar-refractivity contribution in [1.82, 2.24) is 0 Å². The summed E-state index contributed by atoms with van der Waals surface area (Å²) in [5, 5.41) is 0. The maximum Gasteiger partial charge on any atom is 0.162 e. The van der Waals surface area contributed by atoms with Crippen LogP contribution in [0.15, 0.2) is 42.5 Å². The van der Waals surface area contributed by atoms with Crippen LogP contribution < -0.4 is 10.5 Å². The highest BCUT2D eigenvalue weighted by Gasteiger charge is 2.07. The minimum atomic E-state index is -0.0689. The van der Waals surface area contributed by atoms with Crippen molar-refractivity contribution in [2.45, 2.75) is 6.92 Å². The number of hydrogen-bond donors (Lipinski definition) is 1. The lowest BCUT2D eigenvalue weighted by atomic mass is 10.1. The lowest BCUT2D eigenvalue weighted by Gasteiger charge is -2.08. The minimum absolute atomic E-state index is 0.0689. The molecule has 0 unspecified atom stereocenters. The molecule has 2 aromatic rings. The van der Waals surface area contributed by atoms with Gasteiger partial charge in [-0.3, -0.25) is 4.79 Å². The van der Waals surface area contributed by atoms with Crippen LogP contribution in [-0.4, -0.2) is 5.78 Å². The first-order valence-electron chi connectivity index (χ1n) is 5.40. The first kappa shape index (κ1) is 12.9. The predicted molar refractivity (Wildman–Crippen MR) is 80.1 cm³/mol. The Morgan fingerprint density at radius 1 is 1.17 bits per heavy atom. The highest BCUT2D eigenvalue weighted by molar-refractivity contribution is 14.1. The minimum Gasteiger partial charge on any atom is -0.457 e. The number of benzene rings is 2. The fraction of sp³-hybridized carbons (Fsp3) is 0.0714. The molecule has 0 fully saturated rings. The Bertz CT molecular complexity index is 596. The molecule has 0 aliphatic carbocycles. The summed E-state index contributed by atoms with van der Waals surface area (Å²) in [4.78, 5) is 11.4. The molecule has 0 spiro atoms. The van der Waals surface area contributed by atoms with Gasteiger partial charge in [0.05, 0.1) is 0 Å². The molecule has 18 heavy (non-hydrogen) atoms. The summed E-state index contributed by atoms with van der Waals surface area (Å²) in [7, 11) is 0. The molecule has 2 N–H and O–H groups in total. The molecule has 0 aromatic heterocycles. The van der Waals surface area contributed by atoms with E-state index in [4.69, 9.17) is 10.5 Å². The van der Waals surface area contributed by atoms with Crippen LogP contribution in [0.2, 0.25) is 0 Å². The molecule has 2 rings (SSSR count). The van der Waals surface area contributed by atoms with Crippen molar-refractivity contribution in [1.29, 1.82) is 0 Å². The smallest absolute Gasteiger partial charge is 0.162 e. The molecule has 0 saturated carbocycles. The zero-order chi connectivity index (χ0) is 13.1. The third kappa shape index (κ3) is 3.01. The van der Waals surface area contributed by atoms with Crippen LogP contribution in [0.4, 0.5) is 5.69 Å². The zero-order valence-electron chi connectivity index (χ0n) is 9.81. The van der Waals surface area contributed by atoms with E-state index < -0.39 is 0 Å². The molecule has 2 aromatic carbocycles. The molecule has 0 amide bonds. The maximum atomic E-state index is 11.4. The van der Waals surface area contributed by atoms with Crippen LogP contribution in [0.5, 0.6) is 11.5 Å². The van der Waals surface area contributed by atoms with Gasteiger partial charge in [0, 0.05) is 14.8 Å². The summed E-state index contributed by atoms with van der Waals surface area (Å²) in [6, 6.07) is 12.8. The van der Waals surface area contributed by atoms with E-state index in [2.05, 4.69) is 22.6 Å². The number of rotatable bonds is 3. The Morgan fingerprint density at radius 3 is 2.56 bits per heavy atom. The fourth-order valence-corrected chi connectivity index (χ4v) is 2.08. The van der Waals surface area contributed by atoms with Crippen LogP contribution in [0.3, 0.4) is 0 Å². The molecular weight excluding hydrogens is 341 g/mol. The number of carbonyl (C=O) groups is 1. The largest absolute Gasteiger partial charge is 0.457 e. The van der Waals surface area contributed by atoms with E-state index in [0.29, 0.717) is 17.0 Å². The van der Waals surface area contributed by atoms with Gasteiger partial charge in [0.25, 0.3) is 0 Å².